The zero-order valence-corrected chi connectivity index (χ0v) is 24.4. The quantitative estimate of drug-likeness (QED) is 0.175. The van der Waals surface area contributed by atoms with Crippen molar-refractivity contribution < 1.29 is 17.9 Å². The van der Waals surface area contributed by atoms with Gasteiger partial charge in [-0.15, -0.1) is 6.58 Å². The monoisotopic (exact) mass is 556 g/mol. The Labute approximate surface area is 243 Å². The zero-order chi connectivity index (χ0) is 30.2. The van der Waals surface area contributed by atoms with Gasteiger partial charge in [0, 0.05) is 0 Å². The molecule has 4 heteroatoms. The fraction of sp³-hybridized carbons (Fsp3) is 0.189. The second-order valence-electron chi connectivity index (χ2n) is 9.81. The molecule has 0 unspecified atom stereocenters. The molecule has 0 amide bonds. The van der Waals surface area contributed by atoms with E-state index in [0.29, 0.717) is 0 Å². The molecule has 0 bridgehead atoms. The van der Waals surface area contributed by atoms with Crippen molar-refractivity contribution in [3.63, 3.8) is 0 Å². The van der Waals surface area contributed by atoms with E-state index >= 15 is 0 Å². The second kappa shape index (κ2) is 17.4. The van der Waals surface area contributed by atoms with Gasteiger partial charge in [0.1, 0.15) is 5.75 Å². The summed E-state index contributed by atoms with van der Waals surface area (Å²) < 4.78 is 39.6. The predicted octanol–water partition coefficient (Wildman–Crippen LogP) is 10.9. The molecule has 0 saturated heterocycles. The lowest BCUT2D eigenvalue weighted by atomic mass is 9.88. The van der Waals surface area contributed by atoms with Crippen LogP contribution in [-0.4, -0.2) is 0 Å². The molecule has 0 aliphatic heterocycles. The van der Waals surface area contributed by atoms with Gasteiger partial charge in [-0.2, -0.15) is 13.2 Å². The lowest BCUT2D eigenvalue weighted by Gasteiger charge is -2.18. The third-order valence-corrected chi connectivity index (χ3v) is 6.22. The van der Waals surface area contributed by atoms with Gasteiger partial charge in [-0.3, -0.25) is 0 Å². The van der Waals surface area contributed by atoms with E-state index < -0.39 is 12.1 Å². The number of halogens is 3. The minimum Gasteiger partial charge on any atom is -0.428 e. The van der Waals surface area contributed by atoms with Crippen LogP contribution in [0, 0.1) is 27.7 Å². The van der Waals surface area contributed by atoms with Crippen LogP contribution >= 0.6 is 0 Å². The SMILES string of the molecule is C=CCc1ccc(C)cc1.C=Cc1ccc(C)cc1.Cc1ccc(OC(F)=C(F)F)cc1.Cc1ccc2c(c1)CC2. The Hall–Kier alpha value is -4.31. The first-order valence-electron chi connectivity index (χ1n) is 13.5. The summed E-state index contributed by atoms with van der Waals surface area (Å²) in [5.41, 5.74) is 10.6. The van der Waals surface area contributed by atoms with Gasteiger partial charge in [-0.05, 0) is 81.3 Å². The van der Waals surface area contributed by atoms with Crippen LogP contribution in [0.4, 0.5) is 13.2 Å². The largest absolute Gasteiger partial charge is 0.428 e. The van der Waals surface area contributed by atoms with Crippen molar-refractivity contribution in [1.29, 1.82) is 0 Å². The molecular weight excluding hydrogens is 517 g/mol. The van der Waals surface area contributed by atoms with E-state index in [9.17, 15) is 13.2 Å². The van der Waals surface area contributed by atoms with Crippen LogP contribution in [0.3, 0.4) is 0 Å². The molecule has 4 aromatic rings. The van der Waals surface area contributed by atoms with Crippen LogP contribution in [0.1, 0.15) is 44.5 Å². The number of fused-ring (bicyclic) bond motifs is 1. The Morgan fingerprint density at radius 2 is 1.15 bits per heavy atom. The van der Waals surface area contributed by atoms with Gasteiger partial charge in [0.15, 0.2) is 0 Å². The molecule has 4 aromatic carbocycles. The summed E-state index contributed by atoms with van der Waals surface area (Å²) >= 11 is 0. The van der Waals surface area contributed by atoms with Crippen LogP contribution < -0.4 is 4.74 Å². The van der Waals surface area contributed by atoms with Gasteiger partial charge in [0.2, 0.25) is 0 Å². The minimum atomic E-state index is -2.46. The average molecular weight is 557 g/mol. The molecule has 0 N–H and O–H groups in total. The molecule has 0 aromatic heterocycles. The van der Waals surface area contributed by atoms with Crippen LogP contribution in [0.2, 0.25) is 0 Å². The summed E-state index contributed by atoms with van der Waals surface area (Å²) in [5, 5.41) is 0. The van der Waals surface area contributed by atoms with Crippen molar-refractivity contribution in [2.24, 2.45) is 0 Å². The van der Waals surface area contributed by atoms with Gasteiger partial charge in [-0.1, -0.05) is 120 Å². The first-order chi connectivity index (χ1) is 19.6. The number of rotatable bonds is 5. The van der Waals surface area contributed by atoms with E-state index in [-0.39, 0.29) is 5.75 Å². The van der Waals surface area contributed by atoms with E-state index in [1.807, 2.05) is 19.1 Å². The van der Waals surface area contributed by atoms with Crippen molar-refractivity contribution in [1.82, 2.24) is 0 Å². The predicted molar refractivity (Wildman–Crippen MR) is 167 cm³/mol. The van der Waals surface area contributed by atoms with Crippen LogP contribution in [0.15, 0.2) is 122 Å². The summed E-state index contributed by atoms with van der Waals surface area (Å²) in [5.74, 6) is 0.0518. The highest BCUT2D eigenvalue weighted by atomic mass is 19.3. The summed E-state index contributed by atoms with van der Waals surface area (Å²) in [6.45, 7) is 15.5. The number of benzene rings is 4. The van der Waals surface area contributed by atoms with E-state index in [0.717, 1.165) is 12.0 Å². The standard InChI is InChI=1S/C10H12.C9H7F3O.2C9H10/c1-3-4-10-7-5-9(2)6-8-10;1-6-2-4-7(5-3-6)13-9(12)8(10)11;1-7-2-3-8-4-5-9(8)6-7;1-3-9-6-4-8(2)5-7-9/h3,5-8H,1,4H2,2H3;2-5H,1H3;2-3,6H,4-5H2,1H3;3-7H,1H2,2H3. The van der Waals surface area contributed by atoms with Gasteiger partial charge >= 0.3 is 12.1 Å². The summed E-state index contributed by atoms with van der Waals surface area (Å²) in [6, 6.07) is 27.8. The smallest absolute Gasteiger partial charge is 0.344 e. The van der Waals surface area contributed by atoms with Crippen molar-refractivity contribution >= 4 is 6.08 Å². The molecule has 1 aliphatic carbocycles. The fourth-order valence-corrected chi connectivity index (χ4v) is 3.67. The van der Waals surface area contributed by atoms with Crippen molar-refractivity contribution in [2.75, 3.05) is 0 Å². The van der Waals surface area contributed by atoms with Gasteiger partial charge in [0.05, 0.1) is 0 Å². The summed E-state index contributed by atoms with van der Waals surface area (Å²) in [7, 11) is 0. The first-order valence-corrected chi connectivity index (χ1v) is 13.5. The maximum Gasteiger partial charge on any atom is 0.344 e. The number of allylic oxidation sites excluding steroid dienone is 1. The molecule has 0 spiro atoms. The molecule has 1 nitrogen and oxygen atoms in total. The zero-order valence-electron chi connectivity index (χ0n) is 24.4. The minimum absolute atomic E-state index is 0.0518. The Bertz CT molecular complexity index is 1400. The number of hydrogen-bond acceptors (Lipinski definition) is 1. The topological polar surface area (TPSA) is 9.23 Å². The Morgan fingerprint density at radius 3 is 1.56 bits per heavy atom. The highest BCUT2D eigenvalue weighted by Crippen LogP contribution is 2.23. The molecule has 5 rings (SSSR count). The molecular formula is C37H39F3O. The highest BCUT2D eigenvalue weighted by Gasteiger charge is 2.10. The molecule has 1 aliphatic rings. The maximum absolute atomic E-state index is 12.2. The highest BCUT2D eigenvalue weighted by molar-refractivity contribution is 5.46. The van der Waals surface area contributed by atoms with E-state index in [2.05, 4.69) is 105 Å². The molecule has 0 heterocycles. The van der Waals surface area contributed by atoms with E-state index in [4.69, 9.17) is 0 Å². The van der Waals surface area contributed by atoms with Gasteiger partial charge in [0.25, 0.3) is 0 Å². The Morgan fingerprint density at radius 1 is 0.659 bits per heavy atom. The second-order valence-corrected chi connectivity index (χ2v) is 9.81. The molecule has 41 heavy (non-hydrogen) atoms. The fourth-order valence-electron chi connectivity index (χ4n) is 3.67. The first kappa shape index (κ1) is 32.9. The molecule has 0 radical (unpaired) electrons. The third-order valence-electron chi connectivity index (χ3n) is 6.22. The van der Waals surface area contributed by atoms with Crippen LogP contribution in [0.5, 0.6) is 5.75 Å². The number of hydrogen-bond donors (Lipinski definition) is 0. The normalized spacial score (nSPS) is 10.4. The Kier molecular flexibility index (Phi) is 14.0. The van der Waals surface area contributed by atoms with Gasteiger partial charge < -0.3 is 4.74 Å². The van der Waals surface area contributed by atoms with Crippen molar-refractivity contribution in [2.45, 2.75) is 47.0 Å². The summed E-state index contributed by atoms with van der Waals surface area (Å²) in [4.78, 5) is 0. The van der Waals surface area contributed by atoms with Crippen molar-refractivity contribution in [3.8, 4) is 5.75 Å². The lowest BCUT2D eigenvalue weighted by Crippen LogP contribution is -2.07. The Balaban J connectivity index is 0.000000193. The lowest BCUT2D eigenvalue weighted by molar-refractivity contribution is 0.241. The third kappa shape index (κ3) is 12.6. The van der Waals surface area contributed by atoms with Crippen LogP contribution in [0.25, 0.3) is 6.08 Å². The number of aryl methyl sites for hydroxylation is 6. The van der Waals surface area contributed by atoms with E-state index in [1.54, 1.807) is 23.3 Å². The molecule has 0 fully saturated rings. The van der Waals surface area contributed by atoms with Crippen molar-refractivity contribution in [3.05, 3.63) is 167 Å². The average Bonchev–Trinajstić information content (AvgIpc) is 2.95. The molecule has 214 valence electrons. The number of ether oxygens (including phenoxy) is 1. The molecule has 0 saturated carbocycles. The maximum atomic E-state index is 12.2. The summed E-state index contributed by atoms with van der Waals surface area (Å²) in [6.07, 6.45) is 4.89. The van der Waals surface area contributed by atoms with E-state index in [1.165, 1.54) is 52.8 Å². The van der Waals surface area contributed by atoms with Crippen LogP contribution in [-0.2, 0) is 19.3 Å². The molecule has 0 atom stereocenters. The van der Waals surface area contributed by atoms with Gasteiger partial charge in [-0.25, -0.2) is 0 Å².